The van der Waals surface area contributed by atoms with Crippen LogP contribution in [0.25, 0.3) is 0 Å². The van der Waals surface area contributed by atoms with E-state index in [9.17, 15) is 9.59 Å². The Morgan fingerprint density at radius 1 is 1.26 bits per heavy atom. The van der Waals surface area contributed by atoms with Gasteiger partial charge in [0, 0.05) is 46.6 Å². The minimum absolute atomic E-state index is 0.00267. The molecule has 1 aliphatic rings. The van der Waals surface area contributed by atoms with Crippen LogP contribution in [0.1, 0.15) is 33.1 Å². The molecule has 5 nitrogen and oxygen atoms in total. The maximum absolute atomic E-state index is 12.1. The van der Waals surface area contributed by atoms with Gasteiger partial charge in [-0.05, 0) is 18.8 Å². The van der Waals surface area contributed by atoms with Crippen LogP contribution >= 0.6 is 0 Å². The fourth-order valence-electron chi connectivity index (χ4n) is 2.27. The van der Waals surface area contributed by atoms with Crippen LogP contribution in [0.2, 0.25) is 0 Å². The van der Waals surface area contributed by atoms with Gasteiger partial charge in [0.2, 0.25) is 11.8 Å². The van der Waals surface area contributed by atoms with Crippen LogP contribution in [-0.2, 0) is 14.3 Å². The number of carbonyl (C=O) groups excluding carboxylic acids is 2. The third-order valence-corrected chi connectivity index (χ3v) is 3.74. The molecule has 0 unspecified atom stereocenters. The van der Waals surface area contributed by atoms with E-state index in [-0.39, 0.29) is 11.8 Å². The monoisotopic (exact) mass is 270 g/mol. The third kappa shape index (κ3) is 5.59. The van der Waals surface area contributed by atoms with E-state index in [1.54, 1.807) is 12.0 Å². The molecule has 0 bridgehead atoms. The zero-order valence-electron chi connectivity index (χ0n) is 12.4. The van der Waals surface area contributed by atoms with E-state index in [0.29, 0.717) is 26.1 Å². The maximum Gasteiger partial charge on any atom is 0.224 e. The van der Waals surface area contributed by atoms with Gasteiger partial charge in [0.1, 0.15) is 0 Å². The molecule has 1 heterocycles. The van der Waals surface area contributed by atoms with Crippen molar-refractivity contribution < 1.29 is 14.3 Å². The Balaban J connectivity index is 2.32. The van der Waals surface area contributed by atoms with Gasteiger partial charge < -0.3 is 14.5 Å². The van der Waals surface area contributed by atoms with Gasteiger partial charge in [-0.3, -0.25) is 9.59 Å². The number of hydrogen-bond donors (Lipinski definition) is 0. The smallest absolute Gasteiger partial charge is 0.224 e. The molecule has 0 atom stereocenters. The molecule has 0 aromatic heterocycles. The number of hydrogen-bond acceptors (Lipinski definition) is 3. The van der Waals surface area contributed by atoms with Crippen molar-refractivity contribution in [1.29, 1.82) is 0 Å². The second-order valence-corrected chi connectivity index (χ2v) is 5.31. The Bertz CT molecular complexity index is 299. The lowest BCUT2D eigenvalue weighted by molar-refractivity contribution is -0.134. The number of nitrogens with zero attached hydrogens (tertiary/aromatic N) is 2. The Morgan fingerprint density at radius 3 is 2.42 bits per heavy atom. The zero-order chi connectivity index (χ0) is 14.3. The molecule has 110 valence electrons. The van der Waals surface area contributed by atoms with Gasteiger partial charge >= 0.3 is 0 Å². The molecule has 1 saturated heterocycles. The normalized spacial score (nSPS) is 16.5. The third-order valence-electron chi connectivity index (χ3n) is 3.74. The predicted octanol–water partition coefficient (Wildman–Crippen LogP) is 1.13. The first-order valence-corrected chi connectivity index (χ1v) is 7.06. The molecule has 19 heavy (non-hydrogen) atoms. The SMILES string of the molecule is COCCN(CCC(=O)N1CCC(C)CC1)C(C)=O. The molecule has 0 radical (unpaired) electrons. The highest BCUT2D eigenvalue weighted by atomic mass is 16.5. The summed E-state index contributed by atoms with van der Waals surface area (Å²) in [7, 11) is 1.61. The highest BCUT2D eigenvalue weighted by molar-refractivity contribution is 5.78. The summed E-state index contributed by atoms with van der Waals surface area (Å²) in [5.74, 6) is 0.882. The fraction of sp³-hybridized carbons (Fsp3) is 0.857. The topological polar surface area (TPSA) is 49.9 Å². The van der Waals surface area contributed by atoms with E-state index in [1.807, 2.05) is 4.90 Å². The van der Waals surface area contributed by atoms with E-state index in [0.717, 1.165) is 31.8 Å². The molecule has 1 rings (SSSR count). The lowest BCUT2D eigenvalue weighted by atomic mass is 9.99. The van der Waals surface area contributed by atoms with Crippen molar-refractivity contribution in [3.8, 4) is 0 Å². The van der Waals surface area contributed by atoms with E-state index < -0.39 is 0 Å². The summed E-state index contributed by atoms with van der Waals surface area (Å²) in [6.07, 6.45) is 2.59. The van der Waals surface area contributed by atoms with Gasteiger partial charge in [-0.1, -0.05) is 6.92 Å². The maximum atomic E-state index is 12.1. The second-order valence-electron chi connectivity index (χ2n) is 5.31. The predicted molar refractivity (Wildman–Crippen MR) is 73.7 cm³/mol. The van der Waals surface area contributed by atoms with Crippen molar-refractivity contribution in [1.82, 2.24) is 9.80 Å². The van der Waals surface area contributed by atoms with Crippen LogP contribution in [-0.4, -0.2) is 61.5 Å². The molecular formula is C14H26N2O3. The van der Waals surface area contributed by atoms with Crippen molar-refractivity contribution in [2.75, 3.05) is 39.9 Å². The van der Waals surface area contributed by atoms with Crippen LogP contribution in [0.3, 0.4) is 0 Å². The number of amides is 2. The summed E-state index contributed by atoms with van der Waals surface area (Å²) in [6, 6.07) is 0. The lowest BCUT2D eigenvalue weighted by Crippen LogP contribution is -2.40. The number of likely N-dealkylation sites (tertiary alicyclic amines) is 1. The van der Waals surface area contributed by atoms with Crippen LogP contribution in [0.4, 0.5) is 0 Å². The summed E-state index contributed by atoms with van der Waals surface area (Å²) >= 11 is 0. The highest BCUT2D eigenvalue weighted by Gasteiger charge is 2.20. The van der Waals surface area contributed by atoms with Crippen molar-refractivity contribution in [2.45, 2.75) is 33.1 Å². The van der Waals surface area contributed by atoms with Crippen molar-refractivity contribution in [3.05, 3.63) is 0 Å². The molecule has 0 N–H and O–H groups in total. The van der Waals surface area contributed by atoms with Crippen molar-refractivity contribution in [2.24, 2.45) is 5.92 Å². The highest BCUT2D eigenvalue weighted by Crippen LogP contribution is 2.16. The van der Waals surface area contributed by atoms with Crippen LogP contribution in [0.15, 0.2) is 0 Å². The molecule has 0 aromatic rings. The summed E-state index contributed by atoms with van der Waals surface area (Å²) < 4.78 is 4.97. The Hall–Kier alpha value is -1.10. The summed E-state index contributed by atoms with van der Waals surface area (Å²) in [6.45, 7) is 7.03. The summed E-state index contributed by atoms with van der Waals surface area (Å²) in [4.78, 5) is 27.1. The molecule has 0 spiro atoms. The van der Waals surface area contributed by atoms with E-state index >= 15 is 0 Å². The first kappa shape index (κ1) is 16.0. The molecule has 0 aromatic carbocycles. The first-order valence-electron chi connectivity index (χ1n) is 7.06. The van der Waals surface area contributed by atoms with Crippen LogP contribution in [0.5, 0.6) is 0 Å². The average Bonchev–Trinajstić information content (AvgIpc) is 2.39. The minimum atomic E-state index is -0.00267. The van der Waals surface area contributed by atoms with Gasteiger partial charge in [-0.15, -0.1) is 0 Å². The quantitative estimate of drug-likeness (QED) is 0.727. The Morgan fingerprint density at radius 2 is 1.89 bits per heavy atom. The van der Waals surface area contributed by atoms with E-state index in [4.69, 9.17) is 4.74 Å². The zero-order valence-corrected chi connectivity index (χ0v) is 12.4. The number of rotatable bonds is 6. The minimum Gasteiger partial charge on any atom is -0.383 e. The lowest BCUT2D eigenvalue weighted by Gasteiger charge is -2.31. The molecule has 1 fully saturated rings. The van der Waals surface area contributed by atoms with Crippen LogP contribution < -0.4 is 0 Å². The molecule has 1 aliphatic heterocycles. The van der Waals surface area contributed by atoms with E-state index in [1.165, 1.54) is 6.92 Å². The standard InChI is InChI=1S/C14H26N2O3/c1-12-4-7-16(8-5-12)14(18)6-9-15(13(2)17)10-11-19-3/h12H,4-11H2,1-3H3. The largest absolute Gasteiger partial charge is 0.383 e. The van der Waals surface area contributed by atoms with Crippen LogP contribution in [0, 0.1) is 5.92 Å². The first-order chi connectivity index (χ1) is 9.04. The molecule has 2 amide bonds. The van der Waals surface area contributed by atoms with Crippen molar-refractivity contribution in [3.63, 3.8) is 0 Å². The molecule has 5 heteroatoms. The van der Waals surface area contributed by atoms with Gasteiger partial charge in [-0.25, -0.2) is 0 Å². The molecular weight excluding hydrogens is 244 g/mol. The number of piperidine rings is 1. The second kappa shape index (κ2) is 8.15. The Labute approximate surface area is 115 Å². The summed E-state index contributed by atoms with van der Waals surface area (Å²) in [5.41, 5.74) is 0. The van der Waals surface area contributed by atoms with Gasteiger partial charge in [0.05, 0.1) is 6.61 Å². The fourth-order valence-corrected chi connectivity index (χ4v) is 2.27. The number of ether oxygens (including phenoxy) is 1. The number of carbonyl (C=O) groups is 2. The van der Waals surface area contributed by atoms with Gasteiger partial charge in [-0.2, -0.15) is 0 Å². The number of methoxy groups -OCH3 is 1. The Kier molecular flexibility index (Phi) is 6.84. The average molecular weight is 270 g/mol. The summed E-state index contributed by atoms with van der Waals surface area (Å²) in [5, 5.41) is 0. The molecule has 0 saturated carbocycles. The van der Waals surface area contributed by atoms with Gasteiger partial charge in [0.15, 0.2) is 0 Å². The molecule has 0 aliphatic carbocycles. The van der Waals surface area contributed by atoms with E-state index in [2.05, 4.69) is 6.92 Å². The van der Waals surface area contributed by atoms with Gasteiger partial charge in [0.25, 0.3) is 0 Å². The van der Waals surface area contributed by atoms with Crippen molar-refractivity contribution >= 4 is 11.8 Å².